The molecule has 0 bridgehead atoms. The lowest BCUT2D eigenvalue weighted by atomic mass is 10.2. The monoisotopic (exact) mass is 250 g/mol. The van der Waals surface area contributed by atoms with Crippen molar-refractivity contribution in [1.82, 2.24) is 10.3 Å². The van der Waals surface area contributed by atoms with Crippen LogP contribution in [0.25, 0.3) is 0 Å². The fraction of sp³-hybridized carbons (Fsp3) is 0.462. The van der Waals surface area contributed by atoms with Gasteiger partial charge < -0.3 is 9.73 Å². The van der Waals surface area contributed by atoms with E-state index in [4.69, 9.17) is 4.42 Å². The molecule has 17 heavy (non-hydrogen) atoms. The molecule has 0 spiro atoms. The molecule has 0 aromatic carbocycles. The molecule has 0 amide bonds. The number of hydrogen-bond acceptors (Lipinski definition) is 4. The number of nitrogens with zero attached hydrogens (tertiary/aromatic N) is 1. The van der Waals surface area contributed by atoms with Crippen LogP contribution in [0.1, 0.15) is 32.7 Å². The Balaban J connectivity index is 1.89. The molecule has 1 N–H and O–H groups in total. The molecular weight excluding hydrogens is 232 g/mol. The van der Waals surface area contributed by atoms with Crippen LogP contribution in [-0.4, -0.2) is 4.98 Å². The molecule has 0 atom stereocenters. The van der Waals surface area contributed by atoms with Crippen molar-refractivity contribution in [3.63, 3.8) is 0 Å². The highest BCUT2D eigenvalue weighted by Gasteiger charge is 2.06. The van der Waals surface area contributed by atoms with Gasteiger partial charge in [0.2, 0.25) is 5.89 Å². The summed E-state index contributed by atoms with van der Waals surface area (Å²) in [6.07, 6.45) is 0. The molecule has 3 nitrogen and oxygen atoms in total. The Hall–Kier alpha value is -1.13. The molecule has 0 aliphatic heterocycles. The van der Waals surface area contributed by atoms with E-state index in [0.29, 0.717) is 6.54 Å². The molecule has 0 saturated heterocycles. The average Bonchev–Trinajstić information content (AvgIpc) is 2.72. The third-order valence-electron chi connectivity index (χ3n) is 2.81. The molecule has 2 heterocycles. The first kappa shape index (κ1) is 12.3. The lowest BCUT2D eigenvalue weighted by Crippen LogP contribution is -2.12. The van der Waals surface area contributed by atoms with Gasteiger partial charge in [0.15, 0.2) is 0 Å². The van der Waals surface area contributed by atoms with Crippen molar-refractivity contribution in [2.75, 3.05) is 0 Å². The number of rotatable bonds is 4. The summed E-state index contributed by atoms with van der Waals surface area (Å²) in [5.74, 6) is 1.67. The van der Waals surface area contributed by atoms with Gasteiger partial charge in [-0.25, -0.2) is 4.98 Å². The minimum Gasteiger partial charge on any atom is -0.444 e. The van der Waals surface area contributed by atoms with Crippen LogP contribution in [0.3, 0.4) is 0 Å². The predicted molar refractivity (Wildman–Crippen MR) is 70.3 cm³/mol. The first-order valence-electron chi connectivity index (χ1n) is 5.76. The van der Waals surface area contributed by atoms with Crippen molar-refractivity contribution in [3.8, 4) is 0 Å². The van der Waals surface area contributed by atoms with Crippen molar-refractivity contribution >= 4 is 11.3 Å². The molecular formula is C13H18N2OS. The smallest absolute Gasteiger partial charge is 0.208 e. The van der Waals surface area contributed by atoms with Crippen molar-refractivity contribution in [2.45, 2.75) is 40.8 Å². The second-order valence-electron chi connectivity index (χ2n) is 4.29. The van der Waals surface area contributed by atoms with E-state index >= 15 is 0 Å². The Kier molecular flexibility index (Phi) is 3.64. The summed E-state index contributed by atoms with van der Waals surface area (Å²) in [4.78, 5) is 7.09. The molecule has 2 aromatic heterocycles. The number of nitrogens with one attached hydrogen (secondary N) is 1. The van der Waals surface area contributed by atoms with Gasteiger partial charge in [0.25, 0.3) is 0 Å². The van der Waals surface area contributed by atoms with Crippen LogP contribution in [0.5, 0.6) is 0 Å². The number of aromatic nitrogens is 1. The van der Waals surface area contributed by atoms with Gasteiger partial charge in [-0.05, 0) is 39.3 Å². The first-order chi connectivity index (χ1) is 8.06. The number of oxazole rings is 1. The molecule has 0 fully saturated rings. The van der Waals surface area contributed by atoms with Crippen LogP contribution in [0, 0.1) is 27.7 Å². The van der Waals surface area contributed by atoms with Gasteiger partial charge >= 0.3 is 0 Å². The Morgan fingerprint density at radius 3 is 2.53 bits per heavy atom. The van der Waals surface area contributed by atoms with Crippen LogP contribution in [-0.2, 0) is 13.1 Å². The number of aryl methyl sites for hydroxylation is 4. The van der Waals surface area contributed by atoms with Crippen LogP contribution in [0.15, 0.2) is 10.5 Å². The van der Waals surface area contributed by atoms with Crippen LogP contribution in [0.4, 0.5) is 0 Å². The van der Waals surface area contributed by atoms with Gasteiger partial charge in [-0.3, -0.25) is 0 Å². The van der Waals surface area contributed by atoms with Crippen molar-refractivity contribution in [3.05, 3.63) is 38.7 Å². The minimum absolute atomic E-state index is 0.684. The highest BCUT2D eigenvalue weighted by atomic mass is 32.1. The fourth-order valence-corrected chi connectivity index (χ4v) is 2.72. The second kappa shape index (κ2) is 5.02. The average molecular weight is 250 g/mol. The van der Waals surface area contributed by atoms with Gasteiger partial charge in [-0.2, -0.15) is 0 Å². The quantitative estimate of drug-likeness (QED) is 0.905. The van der Waals surface area contributed by atoms with Gasteiger partial charge in [0, 0.05) is 16.3 Å². The zero-order valence-electron chi connectivity index (χ0n) is 10.8. The Morgan fingerprint density at radius 1 is 1.24 bits per heavy atom. The third kappa shape index (κ3) is 2.96. The van der Waals surface area contributed by atoms with E-state index in [1.54, 1.807) is 0 Å². The Labute approximate surface area is 106 Å². The van der Waals surface area contributed by atoms with Gasteiger partial charge in [0.1, 0.15) is 5.76 Å². The van der Waals surface area contributed by atoms with Crippen LogP contribution >= 0.6 is 11.3 Å². The van der Waals surface area contributed by atoms with E-state index < -0.39 is 0 Å². The van der Waals surface area contributed by atoms with Crippen molar-refractivity contribution < 1.29 is 4.42 Å². The molecule has 0 aliphatic carbocycles. The normalized spacial score (nSPS) is 11.1. The van der Waals surface area contributed by atoms with E-state index in [-0.39, 0.29) is 0 Å². The van der Waals surface area contributed by atoms with Gasteiger partial charge in [0.05, 0.1) is 12.2 Å². The summed E-state index contributed by atoms with van der Waals surface area (Å²) in [6, 6.07) is 2.24. The number of hydrogen-bond donors (Lipinski definition) is 1. The zero-order chi connectivity index (χ0) is 12.4. The summed E-state index contributed by atoms with van der Waals surface area (Å²) in [7, 11) is 0. The molecule has 92 valence electrons. The van der Waals surface area contributed by atoms with E-state index in [1.165, 1.54) is 15.3 Å². The van der Waals surface area contributed by atoms with E-state index in [0.717, 1.165) is 23.9 Å². The van der Waals surface area contributed by atoms with E-state index in [9.17, 15) is 0 Å². The summed E-state index contributed by atoms with van der Waals surface area (Å²) >= 11 is 1.84. The maximum absolute atomic E-state index is 5.52. The Bertz CT molecular complexity index is 494. The maximum Gasteiger partial charge on any atom is 0.208 e. The zero-order valence-corrected chi connectivity index (χ0v) is 11.6. The first-order valence-corrected chi connectivity index (χ1v) is 6.57. The van der Waals surface area contributed by atoms with Crippen molar-refractivity contribution in [1.29, 1.82) is 0 Å². The second-order valence-corrected chi connectivity index (χ2v) is 5.75. The minimum atomic E-state index is 0.684. The summed E-state index contributed by atoms with van der Waals surface area (Å²) in [5, 5.41) is 3.36. The largest absolute Gasteiger partial charge is 0.444 e. The van der Waals surface area contributed by atoms with Gasteiger partial charge in [-0.1, -0.05) is 0 Å². The molecule has 0 radical (unpaired) electrons. The van der Waals surface area contributed by atoms with Crippen LogP contribution in [0.2, 0.25) is 0 Å². The maximum atomic E-state index is 5.52. The molecule has 4 heteroatoms. The van der Waals surface area contributed by atoms with E-state index in [1.807, 2.05) is 25.2 Å². The molecule has 2 aromatic rings. The van der Waals surface area contributed by atoms with Gasteiger partial charge in [-0.15, -0.1) is 11.3 Å². The Morgan fingerprint density at radius 2 is 2.00 bits per heavy atom. The summed E-state index contributed by atoms with van der Waals surface area (Å²) in [5.41, 5.74) is 2.34. The predicted octanol–water partition coefficient (Wildman–Crippen LogP) is 3.26. The molecule has 0 unspecified atom stereocenters. The lowest BCUT2D eigenvalue weighted by molar-refractivity contribution is 0.448. The summed E-state index contributed by atoms with van der Waals surface area (Å²) in [6.45, 7) is 9.77. The van der Waals surface area contributed by atoms with Crippen LogP contribution < -0.4 is 5.32 Å². The highest BCUT2D eigenvalue weighted by molar-refractivity contribution is 7.12. The summed E-state index contributed by atoms with van der Waals surface area (Å²) < 4.78 is 5.52. The molecule has 2 rings (SSSR count). The number of thiophene rings is 1. The molecule has 0 aliphatic rings. The topological polar surface area (TPSA) is 38.1 Å². The SMILES string of the molecule is Cc1cc(CNCc2nc(C)c(C)o2)c(C)s1. The third-order valence-corrected chi connectivity index (χ3v) is 3.82. The molecule has 0 saturated carbocycles. The highest BCUT2D eigenvalue weighted by Crippen LogP contribution is 2.20. The fourth-order valence-electron chi connectivity index (χ4n) is 1.78. The lowest BCUT2D eigenvalue weighted by Gasteiger charge is -2.01. The standard InChI is InChI=1S/C13H18N2OS/c1-8-5-12(11(4)17-8)6-14-7-13-15-9(2)10(3)16-13/h5,14H,6-7H2,1-4H3. The van der Waals surface area contributed by atoms with E-state index in [2.05, 4.69) is 30.2 Å². The van der Waals surface area contributed by atoms with Crippen molar-refractivity contribution in [2.24, 2.45) is 0 Å².